The predicted octanol–water partition coefficient (Wildman–Crippen LogP) is 6.93. The molecule has 3 aromatic carbocycles. The Balaban J connectivity index is 1.36. The lowest BCUT2D eigenvalue weighted by atomic mass is 9.86. The molecule has 4 aromatic rings. The number of aromatic nitrogens is 1. The number of fused-ring (bicyclic) bond motifs is 1. The molecule has 4 amide bonds. The second-order valence-corrected chi connectivity index (χ2v) is 12.4. The van der Waals surface area contributed by atoms with Crippen LogP contribution >= 0.6 is 0 Å². The van der Waals surface area contributed by atoms with Gasteiger partial charge in [0.25, 0.3) is 5.91 Å². The van der Waals surface area contributed by atoms with Gasteiger partial charge in [0.05, 0.1) is 31.3 Å². The van der Waals surface area contributed by atoms with Crippen molar-refractivity contribution in [3.8, 4) is 17.2 Å². The number of nitrogens with one attached hydrogen (secondary N) is 3. The maximum absolute atomic E-state index is 13.4. The number of benzene rings is 3. The number of carbonyl (C=O) groups is 3. The standard InChI is InChI=1S/C36H42N6O6/c1-7-41-16-18-42(19-17-41)33(43)30-22-24(14-15-37-30)48-31-13-12-27(25-10-8-9-11-26(25)31)38-34(44)39-28-20-23(36(2,3)4)21-29(32(28)46-5)40-35(45)47-6/h8-15,20-22H,7,16-19H2,1-6H3,(H,40,45)(H2,38,39,44). The molecule has 0 saturated carbocycles. The first-order valence-electron chi connectivity index (χ1n) is 15.8. The van der Waals surface area contributed by atoms with Gasteiger partial charge in [-0.15, -0.1) is 0 Å². The summed E-state index contributed by atoms with van der Waals surface area (Å²) in [6, 6.07) is 17.5. The van der Waals surface area contributed by atoms with Gasteiger partial charge in [0.2, 0.25) is 0 Å². The van der Waals surface area contributed by atoms with Crippen molar-refractivity contribution in [2.75, 3.05) is 62.9 Å². The molecular weight excluding hydrogens is 612 g/mol. The lowest BCUT2D eigenvalue weighted by Crippen LogP contribution is -2.48. The topological polar surface area (TPSA) is 134 Å². The van der Waals surface area contributed by atoms with Crippen molar-refractivity contribution in [1.29, 1.82) is 0 Å². The monoisotopic (exact) mass is 654 g/mol. The zero-order chi connectivity index (χ0) is 34.4. The average Bonchev–Trinajstić information content (AvgIpc) is 3.08. The van der Waals surface area contributed by atoms with Crippen LogP contribution in [-0.2, 0) is 10.2 Å². The normalized spacial score (nSPS) is 13.5. The zero-order valence-corrected chi connectivity index (χ0v) is 28.2. The van der Waals surface area contributed by atoms with Gasteiger partial charge in [0.1, 0.15) is 17.2 Å². The van der Waals surface area contributed by atoms with Gasteiger partial charge in [-0.25, -0.2) is 9.59 Å². The van der Waals surface area contributed by atoms with Crippen LogP contribution in [0.1, 0.15) is 43.7 Å². The molecule has 1 aromatic heterocycles. The molecule has 1 saturated heterocycles. The van der Waals surface area contributed by atoms with E-state index in [4.69, 9.17) is 14.2 Å². The van der Waals surface area contributed by atoms with E-state index in [-0.39, 0.29) is 17.1 Å². The maximum atomic E-state index is 13.4. The Morgan fingerprint density at radius 1 is 0.833 bits per heavy atom. The van der Waals surface area contributed by atoms with Crippen LogP contribution in [0.2, 0.25) is 0 Å². The number of nitrogens with zero attached hydrogens (tertiary/aromatic N) is 3. The van der Waals surface area contributed by atoms with Crippen LogP contribution in [0, 0.1) is 0 Å². The molecule has 1 aliphatic heterocycles. The van der Waals surface area contributed by atoms with E-state index in [0.717, 1.165) is 36.0 Å². The number of ether oxygens (including phenoxy) is 3. The highest BCUT2D eigenvalue weighted by atomic mass is 16.5. The van der Waals surface area contributed by atoms with E-state index >= 15 is 0 Å². The third kappa shape index (κ3) is 7.77. The summed E-state index contributed by atoms with van der Waals surface area (Å²) >= 11 is 0. The molecule has 0 radical (unpaired) electrons. The molecule has 5 rings (SSSR count). The van der Waals surface area contributed by atoms with Crippen LogP contribution in [-0.4, -0.2) is 79.8 Å². The quantitative estimate of drug-likeness (QED) is 0.186. The fraction of sp³-hybridized carbons (Fsp3) is 0.333. The van der Waals surface area contributed by atoms with Crippen molar-refractivity contribution in [3.05, 3.63) is 78.1 Å². The van der Waals surface area contributed by atoms with Crippen LogP contribution in [0.25, 0.3) is 10.8 Å². The summed E-state index contributed by atoms with van der Waals surface area (Å²) in [5.74, 6) is 1.18. The van der Waals surface area contributed by atoms with Crippen molar-refractivity contribution in [2.24, 2.45) is 0 Å². The molecule has 1 aliphatic rings. The Morgan fingerprint density at radius 2 is 1.50 bits per heavy atom. The molecule has 0 aliphatic carbocycles. The zero-order valence-electron chi connectivity index (χ0n) is 28.2. The molecular formula is C36H42N6O6. The Bertz CT molecular complexity index is 1810. The lowest BCUT2D eigenvalue weighted by molar-refractivity contribution is 0.0637. The van der Waals surface area contributed by atoms with Crippen molar-refractivity contribution in [2.45, 2.75) is 33.1 Å². The molecule has 12 nitrogen and oxygen atoms in total. The third-order valence-electron chi connectivity index (χ3n) is 8.25. The summed E-state index contributed by atoms with van der Waals surface area (Å²) in [6.45, 7) is 12.2. The van der Waals surface area contributed by atoms with Gasteiger partial charge in [-0.2, -0.15) is 0 Å². The van der Waals surface area contributed by atoms with E-state index < -0.39 is 12.1 Å². The van der Waals surface area contributed by atoms with Gasteiger partial charge in [-0.1, -0.05) is 52.0 Å². The summed E-state index contributed by atoms with van der Waals surface area (Å²) in [5, 5.41) is 9.98. The Labute approximate surface area is 280 Å². The smallest absolute Gasteiger partial charge is 0.411 e. The molecule has 1 fully saturated rings. The number of anilines is 3. The molecule has 0 spiro atoms. The van der Waals surface area contributed by atoms with E-state index in [9.17, 15) is 14.4 Å². The number of piperazine rings is 1. The number of methoxy groups -OCH3 is 2. The van der Waals surface area contributed by atoms with Gasteiger partial charge in [0.15, 0.2) is 5.75 Å². The highest BCUT2D eigenvalue weighted by molar-refractivity contribution is 6.08. The van der Waals surface area contributed by atoms with Crippen molar-refractivity contribution in [1.82, 2.24) is 14.8 Å². The number of urea groups is 1. The molecule has 0 atom stereocenters. The molecule has 3 N–H and O–H groups in total. The minimum Gasteiger partial charge on any atom is -0.492 e. The Hall–Kier alpha value is -5.36. The second kappa shape index (κ2) is 14.6. The number of carbonyl (C=O) groups excluding carboxylic acids is 3. The largest absolute Gasteiger partial charge is 0.492 e. The molecule has 2 heterocycles. The summed E-state index contributed by atoms with van der Waals surface area (Å²) in [5.41, 5.74) is 2.16. The number of hydrogen-bond donors (Lipinski definition) is 3. The number of amides is 4. The number of hydrogen-bond acceptors (Lipinski definition) is 8. The van der Waals surface area contributed by atoms with Crippen LogP contribution in [0.5, 0.6) is 17.2 Å². The average molecular weight is 655 g/mol. The molecule has 48 heavy (non-hydrogen) atoms. The Kier molecular flexibility index (Phi) is 10.3. The summed E-state index contributed by atoms with van der Waals surface area (Å²) in [6.07, 6.45) is 0.908. The molecule has 0 unspecified atom stereocenters. The van der Waals surface area contributed by atoms with Gasteiger partial charge in [0, 0.05) is 49.2 Å². The van der Waals surface area contributed by atoms with Gasteiger partial charge in [-0.05, 0) is 47.9 Å². The summed E-state index contributed by atoms with van der Waals surface area (Å²) in [7, 11) is 2.73. The van der Waals surface area contributed by atoms with Crippen molar-refractivity contribution < 1.29 is 28.6 Å². The number of pyridine rings is 1. The van der Waals surface area contributed by atoms with E-state index in [1.807, 2.05) is 56.0 Å². The van der Waals surface area contributed by atoms with E-state index in [1.165, 1.54) is 14.2 Å². The maximum Gasteiger partial charge on any atom is 0.411 e. The highest BCUT2D eigenvalue weighted by Gasteiger charge is 2.24. The summed E-state index contributed by atoms with van der Waals surface area (Å²) < 4.78 is 16.6. The summed E-state index contributed by atoms with van der Waals surface area (Å²) in [4.78, 5) is 47.1. The Morgan fingerprint density at radius 3 is 2.15 bits per heavy atom. The van der Waals surface area contributed by atoms with E-state index in [2.05, 4.69) is 32.8 Å². The van der Waals surface area contributed by atoms with Crippen LogP contribution in [0.15, 0.2) is 66.9 Å². The first-order valence-corrected chi connectivity index (χ1v) is 15.8. The minimum atomic E-state index is -0.663. The van der Waals surface area contributed by atoms with Crippen LogP contribution < -0.4 is 25.4 Å². The van der Waals surface area contributed by atoms with Crippen LogP contribution in [0.4, 0.5) is 26.7 Å². The van der Waals surface area contributed by atoms with Gasteiger partial charge < -0.3 is 34.6 Å². The first kappa shape index (κ1) is 34.0. The first-order chi connectivity index (χ1) is 23.0. The van der Waals surface area contributed by atoms with Crippen molar-refractivity contribution in [3.63, 3.8) is 0 Å². The number of rotatable bonds is 8. The minimum absolute atomic E-state index is 0.121. The molecule has 12 heteroatoms. The SMILES string of the molecule is CCN1CCN(C(=O)c2cc(Oc3ccc(NC(=O)Nc4cc(C(C)(C)C)cc(NC(=O)OC)c4OC)c4ccccc34)ccn2)CC1. The number of likely N-dealkylation sites (N-methyl/N-ethyl adjacent to an activating group) is 1. The van der Waals surface area contributed by atoms with Crippen molar-refractivity contribution >= 4 is 45.9 Å². The van der Waals surface area contributed by atoms with Gasteiger partial charge >= 0.3 is 12.1 Å². The molecule has 252 valence electrons. The lowest BCUT2D eigenvalue weighted by Gasteiger charge is -2.33. The predicted molar refractivity (Wildman–Crippen MR) is 187 cm³/mol. The highest BCUT2D eigenvalue weighted by Crippen LogP contribution is 2.39. The fourth-order valence-corrected chi connectivity index (χ4v) is 5.52. The van der Waals surface area contributed by atoms with E-state index in [0.29, 0.717) is 47.3 Å². The fourth-order valence-electron chi connectivity index (χ4n) is 5.52. The second-order valence-electron chi connectivity index (χ2n) is 12.4. The third-order valence-corrected chi connectivity index (χ3v) is 8.25. The van der Waals surface area contributed by atoms with Gasteiger partial charge in [-0.3, -0.25) is 15.1 Å². The molecule has 0 bridgehead atoms. The van der Waals surface area contributed by atoms with Crippen LogP contribution in [0.3, 0.4) is 0 Å². The van der Waals surface area contributed by atoms with E-state index in [1.54, 1.807) is 36.5 Å².